The number of nitriles is 1. The summed E-state index contributed by atoms with van der Waals surface area (Å²) in [5, 5.41) is 40.2. The van der Waals surface area contributed by atoms with Crippen LogP contribution in [0.4, 0.5) is 5.69 Å². The first-order valence-corrected chi connectivity index (χ1v) is 6.48. The van der Waals surface area contributed by atoms with Gasteiger partial charge in [-0.15, -0.1) is 0 Å². The molecule has 5 nitrogen and oxygen atoms in total. The highest BCUT2D eigenvalue weighted by Gasteiger charge is 2.11. The van der Waals surface area contributed by atoms with E-state index in [1.807, 2.05) is 6.07 Å². The number of aromatic hydroxyl groups is 3. The third-order valence-electron chi connectivity index (χ3n) is 2.78. The van der Waals surface area contributed by atoms with Crippen molar-refractivity contribution in [2.45, 2.75) is 6.54 Å². The Morgan fingerprint density at radius 3 is 2.50 bits per heavy atom. The number of phenols is 3. The topological polar surface area (TPSA) is 96.5 Å². The Morgan fingerprint density at radius 1 is 1.10 bits per heavy atom. The lowest BCUT2D eigenvalue weighted by Crippen LogP contribution is -2.00. The van der Waals surface area contributed by atoms with Crippen molar-refractivity contribution in [3.05, 3.63) is 45.9 Å². The molecule has 0 bridgehead atoms. The molecule has 0 radical (unpaired) electrons. The zero-order valence-electron chi connectivity index (χ0n) is 10.3. The van der Waals surface area contributed by atoms with Crippen LogP contribution in [-0.2, 0) is 6.54 Å². The van der Waals surface area contributed by atoms with Crippen LogP contribution in [0.1, 0.15) is 11.1 Å². The second-order valence-corrected chi connectivity index (χ2v) is 4.96. The molecule has 0 atom stereocenters. The summed E-state index contributed by atoms with van der Waals surface area (Å²) in [7, 11) is 0. The number of phenolic OH excluding ortho intramolecular Hbond substituents is 3. The van der Waals surface area contributed by atoms with Crippen LogP contribution in [0.25, 0.3) is 0 Å². The molecule has 0 saturated carbocycles. The molecule has 0 fully saturated rings. The van der Waals surface area contributed by atoms with Crippen molar-refractivity contribution in [2.24, 2.45) is 0 Å². The molecule has 0 saturated heterocycles. The predicted molar refractivity (Wildman–Crippen MR) is 77.6 cm³/mol. The highest BCUT2D eigenvalue weighted by Crippen LogP contribution is 2.37. The van der Waals surface area contributed by atoms with E-state index in [4.69, 9.17) is 5.26 Å². The zero-order chi connectivity index (χ0) is 14.7. The van der Waals surface area contributed by atoms with Gasteiger partial charge in [-0.1, -0.05) is 0 Å². The van der Waals surface area contributed by atoms with Crippen molar-refractivity contribution in [1.29, 1.82) is 5.26 Å². The first-order chi connectivity index (χ1) is 9.52. The first-order valence-electron chi connectivity index (χ1n) is 5.69. The second kappa shape index (κ2) is 5.72. The molecule has 0 heterocycles. The van der Waals surface area contributed by atoms with Crippen LogP contribution in [0.3, 0.4) is 0 Å². The summed E-state index contributed by atoms with van der Waals surface area (Å²) < 4.78 is 0.721. The number of nitrogens with one attached hydrogen (secondary N) is 1. The first kappa shape index (κ1) is 14.0. The van der Waals surface area contributed by atoms with Gasteiger partial charge in [0.15, 0.2) is 11.5 Å². The van der Waals surface area contributed by atoms with Gasteiger partial charge in [-0.05, 0) is 46.3 Å². The van der Waals surface area contributed by atoms with Gasteiger partial charge in [0.1, 0.15) is 0 Å². The van der Waals surface area contributed by atoms with Crippen LogP contribution in [0.5, 0.6) is 17.2 Å². The van der Waals surface area contributed by atoms with E-state index in [2.05, 4.69) is 21.2 Å². The smallest absolute Gasteiger partial charge is 0.200 e. The van der Waals surface area contributed by atoms with E-state index in [1.165, 1.54) is 12.1 Å². The molecule has 2 aromatic rings. The number of rotatable bonds is 3. The molecule has 20 heavy (non-hydrogen) atoms. The number of nitrogens with zero attached hydrogens (tertiary/aromatic N) is 1. The minimum Gasteiger partial charge on any atom is -0.504 e. The normalized spacial score (nSPS) is 10.0. The van der Waals surface area contributed by atoms with E-state index in [0.717, 1.165) is 10.2 Å². The summed E-state index contributed by atoms with van der Waals surface area (Å²) in [6, 6.07) is 9.93. The quantitative estimate of drug-likeness (QED) is 0.647. The lowest BCUT2D eigenvalue weighted by atomic mass is 10.1. The molecule has 102 valence electrons. The fraction of sp³-hybridized carbons (Fsp3) is 0.0714. The van der Waals surface area contributed by atoms with Gasteiger partial charge in [0.25, 0.3) is 0 Å². The van der Waals surface area contributed by atoms with Crippen molar-refractivity contribution in [2.75, 3.05) is 5.32 Å². The van der Waals surface area contributed by atoms with Crippen LogP contribution in [0, 0.1) is 11.3 Å². The SMILES string of the molecule is N#Cc1ccc(NCc2ccc(O)c(O)c2O)c(Br)c1. The molecule has 4 N–H and O–H groups in total. The second-order valence-electron chi connectivity index (χ2n) is 4.10. The summed E-state index contributed by atoms with van der Waals surface area (Å²) in [4.78, 5) is 0. The predicted octanol–water partition coefficient (Wildman–Crippen LogP) is 3.05. The Morgan fingerprint density at radius 2 is 1.85 bits per heavy atom. The molecular weight excluding hydrogens is 324 g/mol. The summed E-state index contributed by atoms with van der Waals surface area (Å²) in [6.07, 6.45) is 0. The molecule has 0 aliphatic heterocycles. The molecule has 0 unspecified atom stereocenters. The number of hydrogen-bond donors (Lipinski definition) is 4. The van der Waals surface area contributed by atoms with Crippen LogP contribution < -0.4 is 5.32 Å². The van der Waals surface area contributed by atoms with Gasteiger partial charge in [0.2, 0.25) is 5.75 Å². The van der Waals surface area contributed by atoms with Crippen LogP contribution in [0.2, 0.25) is 0 Å². The average Bonchev–Trinajstić information content (AvgIpc) is 2.45. The van der Waals surface area contributed by atoms with E-state index in [-0.39, 0.29) is 18.0 Å². The zero-order valence-corrected chi connectivity index (χ0v) is 11.8. The molecular formula is C14H11BrN2O3. The van der Waals surface area contributed by atoms with Gasteiger partial charge in [0, 0.05) is 22.3 Å². The van der Waals surface area contributed by atoms with Gasteiger partial charge in [-0.3, -0.25) is 0 Å². The third kappa shape index (κ3) is 2.78. The Hall–Kier alpha value is -2.39. The molecule has 0 aliphatic rings. The number of halogens is 1. The Balaban J connectivity index is 2.18. The van der Waals surface area contributed by atoms with Crippen LogP contribution in [-0.4, -0.2) is 15.3 Å². The third-order valence-corrected chi connectivity index (χ3v) is 3.44. The van der Waals surface area contributed by atoms with Crippen molar-refractivity contribution < 1.29 is 15.3 Å². The lowest BCUT2D eigenvalue weighted by molar-refractivity contribution is 0.365. The van der Waals surface area contributed by atoms with Gasteiger partial charge in [-0.25, -0.2) is 0 Å². The van der Waals surface area contributed by atoms with E-state index in [0.29, 0.717) is 11.1 Å². The number of anilines is 1. The van der Waals surface area contributed by atoms with Crippen molar-refractivity contribution >= 4 is 21.6 Å². The monoisotopic (exact) mass is 334 g/mol. The maximum Gasteiger partial charge on any atom is 0.200 e. The summed E-state index contributed by atoms with van der Waals surface area (Å²) >= 11 is 3.34. The van der Waals surface area contributed by atoms with Gasteiger partial charge >= 0.3 is 0 Å². The van der Waals surface area contributed by atoms with Gasteiger partial charge in [-0.2, -0.15) is 5.26 Å². The van der Waals surface area contributed by atoms with Crippen molar-refractivity contribution in [3.63, 3.8) is 0 Å². The lowest BCUT2D eigenvalue weighted by Gasteiger charge is -2.11. The highest BCUT2D eigenvalue weighted by atomic mass is 79.9. The summed E-state index contributed by atoms with van der Waals surface area (Å²) in [6.45, 7) is 0.254. The van der Waals surface area contributed by atoms with Crippen LogP contribution >= 0.6 is 15.9 Å². The Kier molecular flexibility index (Phi) is 4.01. The minimum absolute atomic E-state index is 0.254. The standard InChI is InChI=1S/C14H11BrN2O3/c15-10-5-8(6-16)1-3-11(10)17-7-9-2-4-12(18)14(20)13(9)19/h1-5,17-20H,7H2. The summed E-state index contributed by atoms with van der Waals surface area (Å²) in [5.41, 5.74) is 1.72. The molecule has 2 aromatic carbocycles. The minimum atomic E-state index is -0.539. The maximum atomic E-state index is 9.70. The largest absolute Gasteiger partial charge is 0.504 e. The van der Waals surface area contributed by atoms with Crippen molar-refractivity contribution in [1.82, 2.24) is 0 Å². The van der Waals surface area contributed by atoms with Gasteiger partial charge in [0.05, 0.1) is 11.6 Å². The molecule has 0 aromatic heterocycles. The molecule has 0 amide bonds. The molecule has 0 aliphatic carbocycles. The average molecular weight is 335 g/mol. The summed E-state index contributed by atoms with van der Waals surface area (Å²) in [5.74, 6) is -1.27. The highest BCUT2D eigenvalue weighted by molar-refractivity contribution is 9.10. The molecule has 2 rings (SSSR count). The number of hydrogen-bond acceptors (Lipinski definition) is 5. The van der Waals surface area contributed by atoms with Crippen LogP contribution in [0.15, 0.2) is 34.8 Å². The van der Waals surface area contributed by atoms with E-state index >= 15 is 0 Å². The molecule has 0 spiro atoms. The van der Waals surface area contributed by atoms with E-state index in [1.54, 1.807) is 18.2 Å². The fourth-order valence-electron chi connectivity index (χ4n) is 1.67. The number of benzene rings is 2. The maximum absolute atomic E-state index is 9.70. The van der Waals surface area contributed by atoms with Crippen molar-refractivity contribution in [3.8, 4) is 23.3 Å². The molecule has 6 heteroatoms. The Labute approximate surface area is 123 Å². The Bertz CT molecular complexity index is 696. The van der Waals surface area contributed by atoms with Gasteiger partial charge < -0.3 is 20.6 Å². The van der Waals surface area contributed by atoms with E-state index < -0.39 is 5.75 Å². The van der Waals surface area contributed by atoms with E-state index in [9.17, 15) is 15.3 Å². The fourth-order valence-corrected chi connectivity index (χ4v) is 2.19.